The van der Waals surface area contributed by atoms with Crippen LogP contribution >= 0.6 is 0 Å². The Morgan fingerprint density at radius 1 is 1.25 bits per heavy atom. The van der Waals surface area contributed by atoms with Crippen LogP contribution in [0.2, 0.25) is 0 Å². The number of aliphatic hydroxyl groups is 1. The van der Waals surface area contributed by atoms with Crippen LogP contribution in [0.15, 0.2) is 0 Å². The first-order valence-corrected chi connectivity index (χ1v) is 5.18. The van der Waals surface area contributed by atoms with Crippen molar-refractivity contribution in [1.29, 1.82) is 0 Å². The van der Waals surface area contributed by atoms with E-state index in [4.69, 9.17) is 5.11 Å². The van der Waals surface area contributed by atoms with Crippen LogP contribution in [0.3, 0.4) is 0 Å². The lowest BCUT2D eigenvalue weighted by molar-refractivity contribution is 0.230. The van der Waals surface area contributed by atoms with E-state index in [0.29, 0.717) is 0 Å². The standard InChI is InChI=1S/C10H19NO/c1-7(6-12)11-10(8-2-3-8)9-4-5-9/h7-12H,2-6H2,1H3/t7-/m1/s1. The molecule has 0 bridgehead atoms. The summed E-state index contributed by atoms with van der Waals surface area (Å²) in [5.74, 6) is 1.87. The molecule has 2 aliphatic carbocycles. The van der Waals surface area contributed by atoms with Gasteiger partial charge in [-0.3, -0.25) is 0 Å². The van der Waals surface area contributed by atoms with Crippen molar-refractivity contribution in [1.82, 2.24) is 5.32 Å². The zero-order valence-electron chi connectivity index (χ0n) is 7.79. The summed E-state index contributed by atoms with van der Waals surface area (Å²) in [6, 6.07) is 1.02. The quantitative estimate of drug-likeness (QED) is 0.647. The fourth-order valence-electron chi connectivity index (χ4n) is 1.95. The van der Waals surface area contributed by atoms with E-state index in [1.54, 1.807) is 0 Å². The predicted molar refractivity (Wildman–Crippen MR) is 48.9 cm³/mol. The Labute approximate surface area is 74.4 Å². The Bertz CT molecular complexity index is 140. The van der Waals surface area contributed by atoms with Crippen LogP contribution in [-0.2, 0) is 0 Å². The molecule has 0 heterocycles. The third kappa shape index (κ3) is 1.99. The van der Waals surface area contributed by atoms with Gasteiger partial charge in [0.25, 0.3) is 0 Å². The Kier molecular flexibility index (Phi) is 2.37. The van der Waals surface area contributed by atoms with E-state index in [-0.39, 0.29) is 12.6 Å². The molecular formula is C10H19NO. The SMILES string of the molecule is C[C@H](CO)NC(C1CC1)C1CC1. The first kappa shape index (κ1) is 8.52. The highest BCUT2D eigenvalue weighted by Crippen LogP contribution is 2.44. The molecular weight excluding hydrogens is 150 g/mol. The van der Waals surface area contributed by atoms with Gasteiger partial charge in [-0.25, -0.2) is 0 Å². The molecule has 12 heavy (non-hydrogen) atoms. The van der Waals surface area contributed by atoms with E-state index < -0.39 is 0 Å². The van der Waals surface area contributed by atoms with Crippen LogP contribution in [0.1, 0.15) is 32.6 Å². The Morgan fingerprint density at radius 2 is 1.75 bits per heavy atom. The summed E-state index contributed by atoms with van der Waals surface area (Å²) in [5.41, 5.74) is 0. The van der Waals surface area contributed by atoms with Crippen molar-refractivity contribution in [2.45, 2.75) is 44.7 Å². The third-order valence-corrected chi connectivity index (χ3v) is 3.01. The number of hydrogen-bond acceptors (Lipinski definition) is 2. The summed E-state index contributed by atoms with van der Waals surface area (Å²) < 4.78 is 0. The zero-order chi connectivity index (χ0) is 8.55. The van der Waals surface area contributed by atoms with Gasteiger partial charge in [0.05, 0.1) is 6.61 Å². The molecule has 0 amide bonds. The normalized spacial score (nSPS) is 26.2. The lowest BCUT2D eigenvalue weighted by Crippen LogP contribution is -2.41. The average Bonchev–Trinajstić information content (AvgIpc) is 2.87. The minimum absolute atomic E-state index is 0.274. The van der Waals surface area contributed by atoms with Crippen molar-refractivity contribution in [3.63, 3.8) is 0 Å². The molecule has 0 aromatic heterocycles. The first-order valence-electron chi connectivity index (χ1n) is 5.18. The molecule has 2 saturated carbocycles. The second kappa shape index (κ2) is 3.35. The van der Waals surface area contributed by atoms with Gasteiger partial charge in [0.15, 0.2) is 0 Å². The van der Waals surface area contributed by atoms with Crippen LogP contribution in [0.5, 0.6) is 0 Å². The summed E-state index contributed by atoms with van der Waals surface area (Å²) in [6.07, 6.45) is 5.64. The summed E-state index contributed by atoms with van der Waals surface area (Å²) in [6.45, 7) is 2.34. The number of rotatable bonds is 5. The molecule has 0 aliphatic heterocycles. The lowest BCUT2D eigenvalue weighted by atomic mass is 10.1. The smallest absolute Gasteiger partial charge is 0.0582 e. The van der Waals surface area contributed by atoms with Crippen molar-refractivity contribution in [2.75, 3.05) is 6.61 Å². The fraction of sp³-hybridized carbons (Fsp3) is 1.00. The highest BCUT2D eigenvalue weighted by Gasteiger charge is 2.41. The van der Waals surface area contributed by atoms with Gasteiger partial charge in [-0.1, -0.05) is 0 Å². The minimum atomic E-state index is 0.274. The maximum Gasteiger partial charge on any atom is 0.0582 e. The average molecular weight is 169 g/mol. The summed E-state index contributed by atoms with van der Waals surface area (Å²) in [5, 5.41) is 12.5. The molecule has 2 N–H and O–H groups in total. The summed E-state index contributed by atoms with van der Waals surface area (Å²) >= 11 is 0. The van der Waals surface area contributed by atoms with Crippen molar-refractivity contribution >= 4 is 0 Å². The lowest BCUT2D eigenvalue weighted by Gasteiger charge is -2.21. The Morgan fingerprint density at radius 3 is 2.08 bits per heavy atom. The second-order valence-corrected chi connectivity index (χ2v) is 4.45. The van der Waals surface area contributed by atoms with Crippen LogP contribution in [0, 0.1) is 11.8 Å². The Hall–Kier alpha value is -0.0800. The molecule has 0 unspecified atom stereocenters. The fourth-order valence-corrected chi connectivity index (χ4v) is 1.95. The second-order valence-electron chi connectivity index (χ2n) is 4.45. The van der Waals surface area contributed by atoms with Crippen LogP contribution in [0.4, 0.5) is 0 Å². The van der Waals surface area contributed by atoms with E-state index in [2.05, 4.69) is 12.2 Å². The highest BCUT2D eigenvalue weighted by molar-refractivity contribution is 4.97. The molecule has 1 atom stereocenters. The van der Waals surface area contributed by atoms with E-state index in [9.17, 15) is 0 Å². The molecule has 0 aromatic carbocycles. The van der Waals surface area contributed by atoms with Crippen LogP contribution < -0.4 is 5.32 Å². The van der Waals surface area contributed by atoms with Gasteiger partial charge in [0.2, 0.25) is 0 Å². The largest absolute Gasteiger partial charge is 0.395 e. The van der Waals surface area contributed by atoms with Crippen molar-refractivity contribution < 1.29 is 5.11 Å². The number of aliphatic hydroxyl groups excluding tert-OH is 1. The first-order chi connectivity index (χ1) is 5.81. The van der Waals surface area contributed by atoms with E-state index in [0.717, 1.165) is 17.9 Å². The molecule has 2 fully saturated rings. The van der Waals surface area contributed by atoms with Gasteiger partial charge in [-0.15, -0.1) is 0 Å². The van der Waals surface area contributed by atoms with Gasteiger partial charge in [0, 0.05) is 12.1 Å². The molecule has 0 saturated heterocycles. The van der Waals surface area contributed by atoms with Gasteiger partial charge < -0.3 is 10.4 Å². The molecule has 2 heteroatoms. The minimum Gasteiger partial charge on any atom is -0.395 e. The highest BCUT2D eigenvalue weighted by atomic mass is 16.3. The van der Waals surface area contributed by atoms with E-state index >= 15 is 0 Å². The van der Waals surface area contributed by atoms with Crippen LogP contribution in [-0.4, -0.2) is 23.8 Å². The molecule has 2 nitrogen and oxygen atoms in total. The monoisotopic (exact) mass is 169 g/mol. The topological polar surface area (TPSA) is 32.3 Å². The van der Waals surface area contributed by atoms with Crippen molar-refractivity contribution in [2.24, 2.45) is 11.8 Å². The van der Waals surface area contributed by atoms with E-state index in [1.165, 1.54) is 25.7 Å². The molecule has 0 radical (unpaired) electrons. The maximum atomic E-state index is 8.93. The molecule has 0 aromatic rings. The maximum absolute atomic E-state index is 8.93. The number of hydrogen-bond donors (Lipinski definition) is 2. The van der Waals surface area contributed by atoms with Gasteiger partial charge in [-0.05, 0) is 44.4 Å². The molecule has 0 spiro atoms. The Balaban J connectivity index is 1.79. The number of nitrogens with one attached hydrogen (secondary N) is 1. The third-order valence-electron chi connectivity index (χ3n) is 3.01. The predicted octanol–water partition coefficient (Wildman–Crippen LogP) is 1.15. The van der Waals surface area contributed by atoms with Crippen molar-refractivity contribution in [3.8, 4) is 0 Å². The van der Waals surface area contributed by atoms with Gasteiger partial charge in [0.1, 0.15) is 0 Å². The van der Waals surface area contributed by atoms with Crippen molar-refractivity contribution in [3.05, 3.63) is 0 Å². The van der Waals surface area contributed by atoms with E-state index in [1.807, 2.05) is 0 Å². The summed E-state index contributed by atoms with van der Waals surface area (Å²) in [4.78, 5) is 0. The summed E-state index contributed by atoms with van der Waals surface area (Å²) in [7, 11) is 0. The van der Waals surface area contributed by atoms with Gasteiger partial charge >= 0.3 is 0 Å². The molecule has 2 rings (SSSR count). The molecule has 2 aliphatic rings. The van der Waals surface area contributed by atoms with Crippen LogP contribution in [0.25, 0.3) is 0 Å². The molecule has 70 valence electrons. The zero-order valence-corrected chi connectivity index (χ0v) is 7.79. The van der Waals surface area contributed by atoms with Gasteiger partial charge in [-0.2, -0.15) is 0 Å².